The summed E-state index contributed by atoms with van der Waals surface area (Å²) in [6.45, 7) is 0. The van der Waals surface area contributed by atoms with Gasteiger partial charge in [0.15, 0.2) is 4.34 Å². The predicted molar refractivity (Wildman–Crippen MR) is 96.8 cm³/mol. The average molecular weight is 369 g/mol. The van der Waals surface area contributed by atoms with Gasteiger partial charge in [0.2, 0.25) is 11.8 Å². The molecule has 4 aromatic rings. The van der Waals surface area contributed by atoms with Gasteiger partial charge < -0.3 is 4.42 Å². The zero-order valence-electron chi connectivity index (χ0n) is 12.9. The lowest BCUT2D eigenvalue weighted by molar-refractivity contribution is 0.528. The molecule has 2 heterocycles. The van der Waals surface area contributed by atoms with Gasteiger partial charge in [-0.05, 0) is 36.4 Å². The van der Waals surface area contributed by atoms with E-state index in [-0.39, 0.29) is 5.82 Å². The van der Waals surface area contributed by atoms with E-state index in [2.05, 4.69) is 15.2 Å². The van der Waals surface area contributed by atoms with Gasteiger partial charge in [-0.15, -0.1) is 21.5 Å². The largest absolute Gasteiger partial charge is 0.420 e. The molecule has 4 nitrogen and oxygen atoms in total. The second kappa shape index (κ2) is 7.16. The molecule has 0 saturated carbocycles. The van der Waals surface area contributed by atoms with Crippen LogP contribution in [0.1, 0.15) is 5.89 Å². The molecule has 0 fully saturated rings. The quantitative estimate of drug-likeness (QED) is 0.447. The van der Waals surface area contributed by atoms with Gasteiger partial charge in [-0.1, -0.05) is 30.0 Å². The van der Waals surface area contributed by atoms with Gasteiger partial charge in [0, 0.05) is 16.5 Å². The first-order valence-corrected chi connectivity index (χ1v) is 9.36. The number of hydrogen-bond donors (Lipinski definition) is 0. The standard InChI is InChI=1S/C18H12FN3OS2/c19-14-8-6-12(7-9-14)15-10-24-18(20-15)25-11-16-21-22-17(23-16)13-4-2-1-3-5-13/h1-10H,11H2. The second-order valence-corrected chi connectivity index (χ2v) is 7.24. The molecular formula is C18H12FN3OS2. The number of thioether (sulfide) groups is 1. The first kappa shape index (κ1) is 16.0. The van der Waals surface area contributed by atoms with E-state index in [0.29, 0.717) is 17.5 Å². The van der Waals surface area contributed by atoms with Crippen molar-refractivity contribution in [1.82, 2.24) is 15.2 Å². The van der Waals surface area contributed by atoms with Crippen molar-refractivity contribution in [2.24, 2.45) is 0 Å². The molecule has 7 heteroatoms. The number of halogens is 1. The number of benzene rings is 2. The van der Waals surface area contributed by atoms with E-state index in [9.17, 15) is 4.39 Å². The van der Waals surface area contributed by atoms with Gasteiger partial charge in [0.05, 0.1) is 11.4 Å². The minimum atomic E-state index is -0.251. The van der Waals surface area contributed by atoms with Crippen LogP contribution >= 0.6 is 23.1 Å². The third kappa shape index (κ3) is 3.78. The van der Waals surface area contributed by atoms with Crippen LogP contribution in [0.4, 0.5) is 4.39 Å². The Kier molecular flexibility index (Phi) is 4.58. The fraction of sp³-hybridized carbons (Fsp3) is 0.0556. The molecule has 0 unspecified atom stereocenters. The molecule has 124 valence electrons. The summed E-state index contributed by atoms with van der Waals surface area (Å²) in [6.07, 6.45) is 0. The molecule has 0 radical (unpaired) electrons. The molecule has 0 saturated heterocycles. The first-order valence-electron chi connectivity index (χ1n) is 7.50. The zero-order chi connectivity index (χ0) is 17.1. The van der Waals surface area contributed by atoms with E-state index < -0.39 is 0 Å². The molecule has 25 heavy (non-hydrogen) atoms. The normalized spacial score (nSPS) is 10.9. The maximum Gasteiger partial charge on any atom is 0.247 e. The fourth-order valence-electron chi connectivity index (χ4n) is 2.21. The van der Waals surface area contributed by atoms with Crippen LogP contribution < -0.4 is 0 Å². The van der Waals surface area contributed by atoms with Crippen LogP contribution in [0.2, 0.25) is 0 Å². The number of nitrogens with zero attached hydrogens (tertiary/aromatic N) is 3. The van der Waals surface area contributed by atoms with E-state index in [0.717, 1.165) is 21.2 Å². The summed E-state index contributed by atoms with van der Waals surface area (Å²) in [7, 11) is 0. The van der Waals surface area contributed by atoms with Gasteiger partial charge in [0.1, 0.15) is 5.82 Å². The van der Waals surface area contributed by atoms with Gasteiger partial charge in [0.25, 0.3) is 0 Å². The lowest BCUT2D eigenvalue weighted by atomic mass is 10.2. The minimum Gasteiger partial charge on any atom is -0.420 e. The number of aromatic nitrogens is 3. The van der Waals surface area contributed by atoms with Crippen LogP contribution in [0.5, 0.6) is 0 Å². The van der Waals surface area contributed by atoms with E-state index in [1.54, 1.807) is 12.1 Å². The molecule has 0 spiro atoms. The lowest BCUT2D eigenvalue weighted by Crippen LogP contribution is -1.81. The van der Waals surface area contributed by atoms with Crippen LogP contribution in [-0.2, 0) is 5.75 Å². The van der Waals surface area contributed by atoms with E-state index >= 15 is 0 Å². The smallest absolute Gasteiger partial charge is 0.247 e. The summed E-state index contributed by atoms with van der Waals surface area (Å²) in [5, 5.41) is 10.1. The first-order chi connectivity index (χ1) is 12.3. The summed E-state index contributed by atoms with van der Waals surface area (Å²) in [5.74, 6) is 1.37. The van der Waals surface area contributed by atoms with Crippen molar-refractivity contribution >= 4 is 23.1 Å². The Labute approximate surface area is 151 Å². The van der Waals surface area contributed by atoms with Gasteiger partial charge in [-0.25, -0.2) is 9.37 Å². The monoisotopic (exact) mass is 369 g/mol. The topological polar surface area (TPSA) is 51.8 Å². The highest BCUT2D eigenvalue weighted by Crippen LogP contribution is 2.30. The number of rotatable bonds is 5. The molecule has 0 N–H and O–H groups in total. The number of thiazole rings is 1. The molecule has 0 atom stereocenters. The molecule has 0 aliphatic rings. The molecule has 2 aromatic carbocycles. The zero-order valence-corrected chi connectivity index (χ0v) is 14.6. The van der Waals surface area contributed by atoms with Crippen molar-refractivity contribution in [2.45, 2.75) is 10.1 Å². The van der Waals surface area contributed by atoms with E-state index in [1.807, 2.05) is 35.7 Å². The molecule has 0 aliphatic heterocycles. The maximum atomic E-state index is 13.0. The Bertz CT molecular complexity index is 967. The Morgan fingerprint density at radius 2 is 1.76 bits per heavy atom. The Morgan fingerprint density at radius 3 is 2.56 bits per heavy atom. The average Bonchev–Trinajstić information content (AvgIpc) is 3.31. The molecule has 0 bridgehead atoms. The van der Waals surface area contributed by atoms with Crippen molar-refractivity contribution in [1.29, 1.82) is 0 Å². The fourth-order valence-corrected chi connectivity index (χ4v) is 3.88. The van der Waals surface area contributed by atoms with Crippen molar-refractivity contribution < 1.29 is 8.81 Å². The van der Waals surface area contributed by atoms with Gasteiger partial charge >= 0.3 is 0 Å². The van der Waals surface area contributed by atoms with Crippen LogP contribution in [0.3, 0.4) is 0 Å². The van der Waals surface area contributed by atoms with Crippen LogP contribution in [-0.4, -0.2) is 15.2 Å². The van der Waals surface area contributed by atoms with Gasteiger partial charge in [-0.2, -0.15) is 0 Å². The molecule has 0 amide bonds. The molecular weight excluding hydrogens is 357 g/mol. The summed E-state index contributed by atoms with van der Waals surface area (Å²) in [4.78, 5) is 4.56. The van der Waals surface area contributed by atoms with Crippen LogP contribution in [0, 0.1) is 5.82 Å². The predicted octanol–water partition coefficient (Wildman–Crippen LogP) is 5.29. The van der Waals surface area contributed by atoms with E-state index in [4.69, 9.17) is 4.42 Å². The van der Waals surface area contributed by atoms with Crippen molar-refractivity contribution in [3.8, 4) is 22.7 Å². The SMILES string of the molecule is Fc1ccc(-c2csc(SCc3nnc(-c4ccccc4)o3)n2)cc1. The third-order valence-corrected chi connectivity index (χ3v) is 5.44. The highest BCUT2D eigenvalue weighted by Gasteiger charge is 2.11. The highest BCUT2D eigenvalue weighted by molar-refractivity contribution is 8.00. The lowest BCUT2D eigenvalue weighted by Gasteiger charge is -1.96. The van der Waals surface area contributed by atoms with Crippen molar-refractivity contribution in [3.05, 3.63) is 71.7 Å². The van der Waals surface area contributed by atoms with Crippen molar-refractivity contribution in [2.75, 3.05) is 0 Å². The third-order valence-electron chi connectivity index (χ3n) is 3.43. The van der Waals surface area contributed by atoms with Crippen LogP contribution in [0.15, 0.2) is 68.7 Å². The summed E-state index contributed by atoms with van der Waals surface area (Å²) >= 11 is 3.08. The molecule has 4 rings (SSSR count). The number of hydrogen-bond acceptors (Lipinski definition) is 6. The summed E-state index contributed by atoms with van der Waals surface area (Å²) < 4.78 is 19.6. The Balaban J connectivity index is 1.42. The second-order valence-electron chi connectivity index (χ2n) is 5.16. The maximum absolute atomic E-state index is 13.0. The minimum absolute atomic E-state index is 0.251. The van der Waals surface area contributed by atoms with E-state index in [1.165, 1.54) is 35.2 Å². The highest BCUT2D eigenvalue weighted by atomic mass is 32.2. The summed E-state index contributed by atoms with van der Waals surface area (Å²) in [6, 6.07) is 16.0. The molecule has 0 aliphatic carbocycles. The van der Waals surface area contributed by atoms with Gasteiger partial charge in [-0.3, -0.25) is 0 Å². The Morgan fingerprint density at radius 1 is 0.960 bits per heavy atom. The summed E-state index contributed by atoms with van der Waals surface area (Å²) in [5.41, 5.74) is 2.63. The van der Waals surface area contributed by atoms with Crippen molar-refractivity contribution in [3.63, 3.8) is 0 Å². The Hall–Kier alpha value is -2.51. The molecule has 2 aromatic heterocycles. The van der Waals surface area contributed by atoms with Crippen LogP contribution in [0.25, 0.3) is 22.7 Å².